The highest BCUT2D eigenvalue weighted by molar-refractivity contribution is 5.99. The van der Waals surface area contributed by atoms with Gasteiger partial charge in [0.2, 0.25) is 0 Å². The van der Waals surface area contributed by atoms with E-state index in [2.05, 4.69) is 195 Å². The Morgan fingerprint density at radius 3 is 1.94 bits per heavy atom. The second-order valence-corrected chi connectivity index (χ2v) is 15.0. The normalized spacial score (nSPS) is 15.1. The molecule has 0 spiro atoms. The molecule has 2 aliphatic heterocycles. The molecule has 246 valence electrons. The van der Waals surface area contributed by atoms with E-state index in [4.69, 9.17) is 4.74 Å². The summed E-state index contributed by atoms with van der Waals surface area (Å²) in [6, 6.07) is 57.3. The van der Waals surface area contributed by atoms with Crippen LogP contribution in [0.4, 0.5) is 34.1 Å². The molecule has 51 heavy (non-hydrogen) atoms. The van der Waals surface area contributed by atoms with E-state index >= 15 is 0 Å². The molecule has 7 aromatic carbocycles. The summed E-state index contributed by atoms with van der Waals surface area (Å²) in [5, 5.41) is 0. The van der Waals surface area contributed by atoms with E-state index in [1.165, 1.54) is 50.2 Å². The minimum Gasteiger partial charge on any atom is -0.453 e. The van der Waals surface area contributed by atoms with Gasteiger partial charge in [-0.1, -0.05) is 137 Å². The van der Waals surface area contributed by atoms with E-state index in [0.29, 0.717) is 0 Å². The van der Waals surface area contributed by atoms with Crippen molar-refractivity contribution in [2.75, 3.05) is 9.80 Å². The lowest BCUT2D eigenvalue weighted by molar-refractivity contribution is 0.471. The Labute approximate surface area is 300 Å². The topological polar surface area (TPSA) is 15.7 Å². The molecule has 0 saturated carbocycles. The molecular weight excluding hydrogens is 621 g/mol. The first-order valence-corrected chi connectivity index (χ1v) is 17.9. The Morgan fingerprint density at radius 1 is 0.471 bits per heavy atom. The van der Waals surface area contributed by atoms with Gasteiger partial charge in [0.25, 0.3) is 0 Å². The van der Waals surface area contributed by atoms with E-state index in [1.807, 2.05) is 0 Å². The van der Waals surface area contributed by atoms with E-state index in [0.717, 1.165) is 39.9 Å². The monoisotopic (exact) mass is 658 g/mol. The number of hydrogen-bond donors (Lipinski definition) is 0. The summed E-state index contributed by atoms with van der Waals surface area (Å²) in [6.45, 7) is 9.46. The first-order valence-electron chi connectivity index (χ1n) is 17.9. The highest BCUT2D eigenvalue weighted by Crippen LogP contribution is 2.63. The predicted molar refractivity (Wildman–Crippen MR) is 211 cm³/mol. The highest BCUT2D eigenvalue weighted by Gasteiger charge is 2.44. The number of anilines is 6. The van der Waals surface area contributed by atoms with Crippen LogP contribution in [0.15, 0.2) is 158 Å². The average Bonchev–Trinajstić information content (AvgIpc) is 3.39. The fraction of sp³-hybridized carbons (Fsp3) is 0.125. The molecule has 0 bridgehead atoms. The van der Waals surface area contributed by atoms with Crippen LogP contribution in [0.2, 0.25) is 0 Å². The van der Waals surface area contributed by atoms with E-state index in [-0.39, 0.29) is 10.8 Å². The fourth-order valence-corrected chi connectivity index (χ4v) is 8.99. The zero-order valence-corrected chi connectivity index (χ0v) is 29.3. The first kappa shape index (κ1) is 29.8. The second-order valence-electron chi connectivity index (χ2n) is 15.0. The Kier molecular flexibility index (Phi) is 6.27. The maximum absolute atomic E-state index is 6.74. The molecule has 3 nitrogen and oxygen atoms in total. The molecule has 0 saturated heterocycles. The molecule has 3 aliphatic rings. The molecule has 7 aromatic rings. The summed E-state index contributed by atoms with van der Waals surface area (Å²) in [7, 11) is 0. The Hall–Kier alpha value is -6.06. The van der Waals surface area contributed by atoms with Crippen molar-refractivity contribution in [3.63, 3.8) is 0 Å². The Balaban J connectivity index is 1.29. The third kappa shape index (κ3) is 4.18. The predicted octanol–water partition coefficient (Wildman–Crippen LogP) is 13.3. The third-order valence-corrected chi connectivity index (χ3v) is 11.4. The van der Waals surface area contributed by atoms with Gasteiger partial charge in [-0.15, -0.1) is 0 Å². The van der Waals surface area contributed by atoms with E-state index in [9.17, 15) is 0 Å². The van der Waals surface area contributed by atoms with Crippen molar-refractivity contribution in [1.29, 1.82) is 0 Å². The van der Waals surface area contributed by atoms with Crippen LogP contribution in [0.5, 0.6) is 11.5 Å². The minimum atomic E-state index is -0.352. The van der Waals surface area contributed by atoms with Crippen LogP contribution in [0.1, 0.15) is 49.9 Å². The highest BCUT2D eigenvalue weighted by atomic mass is 16.5. The summed E-state index contributed by atoms with van der Waals surface area (Å²) in [5.41, 5.74) is 16.5. The number of nitrogens with zero attached hydrogens (tertiary/aromatic N) is 2. The van der Waals surface area contributed by atoms with Crippen molar-refractivity contribution in [1.82, 2.24) is 0 Å². The van der Waals surface area contributed by atoms with Gasteiger partial charge in [-0.25, -0.2) is 0 Å². The molecule has 0 aromatic heterocycles. The van der Waals surface area contributed by atoms with Crippen LogP contribution in [-0.4, -0.2) is 0 Å². The molecule has 0 atom stereocenters. The molecular formula is C48H38N2O. The van der Waals surface area contributed by atoms with Crippen LogP contribution in [-0.2, 0) is 10.8 Å². The quantitative estimate of drug-likeness (QED) is 0.187. The van der Waals surface area contributed by atoms with Gasteiger partial charge in [0.15, 0.2) is 11.5 Å². The lowest BCUT2D eigenvalue weighted by atomic mass is 9.72. The van der Waals surface area contributed by atoms with Crippen LogP contribution in [0.3, 0.4) is 0 Å². The van der Waals surface area contributed by atoms with Crippen LogP contribution in [0.25, 0.3) is 22.3 Å². The van der Waals surface area contributed by atoms with Gasteiger partial charge in [-0.05, 0) is 81.9 Å². The number of ether oxygens (including phenoxy) is 1. The zero-order chi connectivity index (χ0) is 34.5. The molecule has 10 rings (SSSR count). The molecule has 0 unspecified atom stereocenters. The van der Waals surface area contributed by atoms with Crippen molar-refractivity contribution in [2.45, 2.75) is 38.5 Å². The molecule has 0 N–H and O–H groups in total. The van der Waals surface area contributed by atoms with Crippen molar-refractivity contribution in [3.8, 4) is 33.8 Å². The maximum atomic E-state index is 6.74. The lowest BCUT2D eigenvalue weighted by Crippen LogP contribution is -2.34. The second kappa shape index (κ2) is 10.7. The van der Waals surface area contributed by atoms with Gasteiger partial charge in [0.1, 0.15) is 0 Å². The SMILES string of the molecule is CC1(C)c2ccccc2-c2ccc(N(c3ccccc3-c3ccccc3)c3ccc4c5c3C(C)(C)c3ccccc3N5c3ccccc3O4)cc21. The van der Waals surface area contributed by atoms with Gasteiger partial charge in [0.05, 0.1) is 28.4 Å². The molecule has 0 radical (unpaired) electrons. The molecule has 0 fully saturated rings. The number of rotatable bonds is 4. The summed E-state index contributed by atoms with van der Waals surface area (Å²) in [6.07, 6.45) is 0. The van der Waals surface area contributed by atoms with Crippen molar-refractivity contribution in [2.24, 2.45) is 0 Å². The summed E-state index contributed by atoms with van der Waals surface area (Å²) in [5.74, 6) is 1.74. The van der Waals surface area contributed by atoms with Gasteiger partial charge < -0.3 is 14.5 Å². The third-order valence-electron chi connectivity index (χ3n) is 11.4. The van der Waals surface area contributed by atoms with Gasteiger partial charge >= 0.3 is 0 Å². The standard InChI is InChI=1S/C48H38N2O/c1-47(2)36-20-10-8-19-34(36)35-27-26-32(30-38(35)47)49(39-22-12-9-18-33(39)31-16-6-5-7-17-31)42-28-29-44-46-45(42)48(3,4)37-21-11-13-23-40(37)50(46)41-24-14-15-25-43(41)51-44/h5-30H,1-4H3. The van der Waals surface area contributed by atoms with Gasteiger partial charge in [-0.2, -0.15) is 0 Å². The van der Waals surface area contributed by atoms with Crippen LogP contribution >= 0.6 is 0 Å². The molecule has 0 amide bonds. The van der Waals surface area contributed by atoms with E-state index in [1.54, 1.807) is 0 Å². The van der Waals surface area contributed by atoms with Crippen molar-refractivity contribution < 1.29 is 4.74 Å². The fourth-order valence-electron chi connectivity index (χ4n) is 8.99. The van der Waals surface area contributed by atoms with Crippen LogP contribution in [0, 0.1) is 0 Å². The molecule has 3 heteroatoms. The molecule has 2 heterocycles. The van der Waals surface area contributed by atoms with Gasteiger partial charge in [-0.3, -0.25) is 0 Å². The van der Waals surface area contributed by atoms with Crippen molar-refractivity contribution in [3.05, 3.63) is 180 Å². The number of fused-ring (bicyclic) bond motifs is 7. The van der Waals surface area contributed by atoms with Gasteiger partial charge in [0, 0.05) is 27.6 Å². The number of benzene rings is 7. The number of para-hydroxylation sites is 4. The Morgan fingerprint density at radius 2 is 1.12 bits per heavy atom. The van der Waals surface area contributed by atoms with Crippen LogP contribution < -0.4 is 14.5 Å². The average molecular weight is 659 g/mol. The van der Waals surface area contributed by atoms with E-state index < -0.39 is 0 Å². The largest absolute Gasteiger partial charge is 0.453 e. The maximum Gasteiger partial charge on any atom is 0.152 e. The number of hydrogen-bond acceptors (Lipinski definition) is 3. The minimum absolute atomic E-state index is 0.136. The summed E-state index contributed by atoms with van der Waals surface area (Å²) < 4.78 is 6.74. The first-order chi connectivity index (χ1) is 24.8. The summed E-state index contributed by atoms with van der Waals surface area (Å²) >= 11 is 0. The zero-order valence-electron chi connectivity index (χ0n) is 29.3. The van der Waals surface area contributed by atoms with Crippen molar-refractivity contribution >= 4 is 34.1 Å². The Bertz CT molecular complexity index is 2530. The summed E-state index contributed by atoms with van der Waals surface area (Å²) in [4.78, 5) is 4.93. The smallest absolute Gasteiger partial charge is 0.152 e. The lowest BCUT2D eigenvalue weighted by Gasteiger charge is -2.47. The molecule has 1 aliphatic carbocycles.